The van der Waals surface area contributed by atoms with E-state index in [1.54, 1.807) is 12.1 Å². The molecule has 0 aromatic carbocycles. The lowest BCUT2D eigenvalue weighted by Crippen LogP contribution is -2.33. The van der Waals surface area contributed by atoms with Gasteiger partial charge in [0, 0.05) is 19.3 Å². The maximum atomic E-state index is 12.3. The van der Waals surface area contributed by atoms with Crippen LogP contribution in [0.2, 0.25) is 0 Å². The van der Waals surface area contributed by atoms with Crippen molar-refractivity contribution in [3.8, 4) is 0 Å². The Morgan fingerprint density at radius 1 is 1.29 bits per heavy atom. The van der Waals surface area contributed by atoms with Crippen molar-refractivity contribution in [2.45, 2.75) is 44.4 Å². The molecule has 6 heteroatoms. The molecule has 0 spiro atoms. The zero-order chi connectivity index (χ0) is 15.3. The fourth-order valence-electron chi connectivity index (χ4n) is 2.82. The molecule has 1 aliphatic carbocycles. The number of rotatable bonds is 6. The first-order valence-corrected chi connectivity index (χ1v) is 9.21. The summed E-state index contributed by atoms with van der Waals surface area (Å²) >= 11 is 0. The minimum absolute atomic E-state index is 0.229. The zero-order valence-corrected chi connectivity index (χ0v) is 13.6. The monoisotopic (exact) mass is 311 g/mol. The smallest absolute Gasteiger partial charge is 0.242 e. The number of hydrogen-bond donors (Lipinski definition) is 2. The van der Waals surface area contributed by atoms with E-state index in [4.69, 9.17) is 0 Å². The molecule has 2 rings (SSSR count). The Labute approximate surface area is 127 Å². The molecular formula is C15H25N3O2S. The molecule has 1 heterocycles. The van der Waals surface area contributed by atoms with Crippen molar-refractivity contribution in [3.05, 3.63) is 18.3 Å². The van der Waals surface area contributed by atoms with Crippen LogP contribution in [0.3, 0.4) is 0 Å². The predicted octanol–water partition coefficient (Wildman–Crippen LogP) is 2.62. The van der Waals surface area contributed by atoms with Gasteiger partial charge in [-0.15, -0.1) is 0 Å². The van der Waals surface area contributed by atoms with Crippen molar-refractivity contribution < 1.29 is 8.42 Å². The van der Waals surface area contributed by atoms with E-state index in [9.17, 15) is 8.42 Å². The highest BCUT2D eigenvalue weighted by Gasteiger charge is 2.23. The van der Waals surface area contributed by atoms with Gasteiger partial charge in [0.2, 0.25) is 10.0 Å². The molecule has 0 amide bonds. The van der Waals surface area contributed by atoms with Crippen molar-refractivity contribution in [1.82, 2.24) is 9.71 Å². The first-order chi connectivity index (χ1) is 10.0. The maximum absolute atomic E-state index is 12.3. The van der Waals surface area contributed by atoms with Crippen LogP contribution in [0.5, 0.6) is 0 Å². The molecule has 1 saturated carbocycles. The van der Waals surface area contributed by atoms with E-state index in [1.807, 2.05) is 6.92 Å². The van der Waals surface area contributed by atoms with Crippen molar-refractivity contribution in [2.24, 2.45) is 11.8 Å². The molecule has 21 heavy (non-hydrogen) atoms. The summed E-state index contributed by atoms with van der Waals surface area (Å²) in [7, 11) is -3.46. The van der Waals surface area contributed by atoms with Gasteiger partial charge < -0.3 is 5.32 Å². The normalized spacial score (nSPS) is 23.0. The van der Waals surface area contributed by atoms with Gasteiger partial charge in [0.1, 0.15) is 10.7 Å². The number of hydrogen-bond acceptors (Lipinski definition) is 4. The second-order valence-electron chi connectivity index (χ2n) is 5.78. The fraction of sp³-hybridized carbons (Fsp3) is 0.667. The Morgan fingerprint density at radius 2 is 2.05 bits per heavy atom. The minimum atomic E-state index is -3.46. The molecular weight excluding hydrogens is 286 g/mol. The Morgan fingerprint density at radius 3 is 2.67 bits per heavy atom. The van der Waals surface area contributed by atoms with Gasteiger partial charge >= 0.3 is 0 Å². The molecule has 0 saturated heterocycles. The van der Waals surface area contributed by atoms with E-state index in [1.165, 1.54) is 25.5 Å². The van der Waals surface area contributed by atoms with E-state index in [2.05, 4.69) is 21.9 Å². The van der Waals surface area contributed by atoms with Crippen molar-refractivity contribution in [3.63, 3.8) is 0 Å². The lowest BCUT2D eigenvalue weighted by Gasteiger charge is -2.28. The number of anilines is 1. The quantitative estimate of drug-likeness (QED) is 0.847. The highest BCUT2D eigenvalue weighted by atomic mass is 32.2. The highest BCUT2D eigenvalue weighted by molar-refractivity contribution is 7.89. The molecule has 1 fully saturated rings. The second-order valence-corrected chi connectivity index (χ2v) is 7.55. The van der Waals surface area contributed by atoms with Crippen LogP contribution < -0.4 is 10.0 Å². The van der Waals surface area contributed by atoms with E-state index in [0.29, 0.717) is 24.2 Å². The van der Waals surface area contributed by atoms with E-state index < -0.39 is 10.0 Å². The van der Waals surface area contributed by atoms with Gasteiger partial charge in [-0.05, 0) is 37.3 Å². The largest absolute Gasteiger partial charge is 0.370 e. The molecule has 0 radical (unpaired) electrons. The molecule has 5 nitrogen and oxygen atoms in total. The van der Waals surface area contributed by atoms with Gasteiger partial charge in [-0.25, -0.2) is 18.1 Å². The van der Waals surface area contributed by atoms with E-state index in [-0.39, 0.29) is 4.90 Å². The fourth-order valence-corrected chi connectivity index (χ4v) is 3.86. The molecule has 0 aliphatic heterocycles. The summed E-state index contributed by atoms with van der Waals surface area (Å²) in [6.45, 7) is 5.47. The van der Waals surface area contributed by atoms with Crippen LogP contribution in [-0.2, 0) is 10.0 Å². The SMILES string of the molecule is CCNc1ccc(S(=O)(=O)NCC2CCCCC2C)cn1. The van der Waals surface area contributed by atoms with Gasteiger partial charge in [0.15, 0.2) is 0 Å². The minimum Gasteiger partial charge on any atom is -0.370 e. The van der Waals surface area contributed by atoms with Crippen LogP contribution in [0.15, 0.2) is 23.2 Å². The van der Waals surface area contributed by atoms with Crippen LogP contribution in [-0.4, -0.2) is 26.5 Å². The average Bonchev–Trinajstić information content (AvgIpc) is 2.47. The summed E-state index contributed by atoms with van der Waals surface area (Å²) in [5.74, 6) is 1.73. The lowest BCUT2D eigenvalue weighted by atomic mass is 9.81. The summed E-state index contributed by atoms with van der Waals surface area (Å²) in [6, 6.07) is 3.29. The summed E-state index contributed by atoms with van der Waals surface area (Å²) in [4.78, 5) is 4.34. The Bertz CT molecular complexity index is 543. The van der Waals surface area contributed by atoms with Crippen LogP contribution in [0.1, 0.15) is 39.5 Å². The number of sulfonamides is 1. The molecule has 118 valence electrons. The van der Waals surface area contributed by atoms with E-state index in [0.717, 1.165) is 13.0 Å². The topological polar surface area (TPSA) is 71.1 Å². The summed E-state index contributed by atoms with van der Waals surface area (Å²) < 4.78 is 27.3. The first-order valence-electron chi connectivity index (χ1n) is 7.72. The number of aromatic nitrogens is 1. The third-order valence-corrected chi connectivity index (χ3v) is 5.64. The number of nitrogens with one attached hydrogen (secondary N) is 2. The van der Waals surface area contributed by atoms with Gasteiger partial charge in [-0.2, -0.15) is 0 Å². The van der Waals surface area contributed by atoms with Crippen LogP contribution >= 0.6 is 0 Å². The third-order valence-electron chi connectivity index (χ3n) is 4.23. The predicted molar refractivity (Wildman–Crippen MR) is 84.7 cm³/mol. The van der Waals surface area contributed by atoms with Gasteiger partial charge in [0.25, 0.3) is 0 Å². The molecule has 0 bridgehead atoms. The molecule has 1 aliphatic rings. The number of nitrogens with zero attached hydrogens (tertiary/aromatic N) is 1. The Hall–Kier alpha value is -1.14. The first kappa shape index (κ1) is 16.2. The Balaban J connectivity index is 1.97. The summed E-state index contributed by atoms with van der Waals surface area (Å²) in [5.41, 5.74) is 0. The van der Waals surface area contributed by atoms with E-state index >= 15 is 0 Å². The van der Waals surface area contributed by atoms with Crippen LogP contribution in [0, 0.1) is 11.8 Å². The van der Waals surface area contributed by atoms with Crippen LogP contribution in [0.4, 0.5) is 5.82 Å². The highest BCUT2D eigenvalue weighted by Crippen LogP contribution is 2.29. The average molecular weight is 311 g/mol. The summed E-state index contributed by atoms with van der Waals surface area (Å²) in [6.07, 6.45) is 6.19. The second kappa shape index (κ2) is 7.22. The molecule has 1 aromatic heterocycles. The van der Waals surface area contributed by atoms with Crippen molar-refractivity contribution in [1.29, 1.82) is 0 Å². The molecule has 2 atom stereocenters. The van der Waals surface area contributed by atoms with Crippen LogP contribution in [0.25, 0.3) is 0 Å². The van der Waals surface area contributed by atoms with Gasteiger partial charge in [-0.1, -0.05) is 26.2 Å². The van der Waals surface area contributed by atoms with Gasteiger partial charge in [0.05, 0.1) is 0 Å². The third kappa shape index (κ3) is 4.41. The maximum Gasteiger partial charge on any atom is 0.242 e. The van der Waals surface area contributed by atoms with Crippen molar-refractivity contribution >= 4 is 15.8 Å². The van der Waals surface area contributed by atoms with Gasteiger partial charge in [-0.3, -0.25) is 0 Å². The van der Waals surface area contributed by atoms with Crippen molar-refractivity contribution in [2.75, 3.05) is 18.4 Å². The zero-order valence-electron chi connectivity index (χ0n) is 12.8. The summed E-state index contributed by atoms with van der Waals surface area (Å²) in [5, 5.41) is 3.05. The Kier molecular flexibility index (Phi) is 5.58. The molecule has 1 aromatic rings. The molecule has 2 N–H and O–H groups in total. The lowest BCUT2D eigenvalue weighted by molar-refractivity contribution is 0.257. The molecule has 2 unspecified atom stereocenters. The number of pyridine rings is 1. The standard InChI is InChI=1S/C15H25N3O2S/c1-3-16-15-9-8-14(11-17-15)21(19,20)18-10-13-7-5-4-6-12(13)2/h8-9,11-13,18H,3-7,10H2,1-2H3,(H,16,17).